The third kappa shape index (κ3) is 1.03. The number of hydrogen-bond acceptors (Lipinski definition) is 0. The Morgan fingerprint density at radius 2 is 2.00 bits per heavy atom. The van der Waals surface area contributed by atoms with E-state index in [9.17, 15) is 8.78 Å². The summed E-state index contributed by atoms with van der Waals surface area (Å²) in [5, 5.41) is 3.44. The Morgan fingerprint density at radius 3 is 2.20 bits per heavy atom. The highest BCUT2D eigenvalue weighted by Crippen LogP contribution is 2.22. The molecule has 3 heteroatoms. The molecule has 0 saturated carbocycles. The van der Waals surface area contributed by atoms with Crippen molar-refractivity contribution in [3.8, 4) is 0 Å². The van der Waals surface area contributed by atoms with Gasteiger partial charge in [0.2, 0.25) is 0 Å². The van der Waals surface area contributed by atoms with Gasteiger partial charge in [-0.3, -0.25) is 0 Å². The van der Waals surface area contributed by atoms with Gasteiger partial charge in [-0.15, -0.1) is 0 Å². The Morgan fingerprint density at radius 1 is 1.40 bits per heavy atom. The van der Waals surface area contributed by atoms with Crippen molar-refractivity contribution in [3.05, 3.63) is 23.0 Å². The van der Waals surface area contributed by atoms with E-state index in [0.717, 1.165) is 0 Å². The van der Waals surface area contributed by atoms with Gasteiger partial charge in [-0.05, 0) is 25.0 Å². The SMILES string of the molecule is CC1=[C][N]C(C(F)F)=C1C. The van der Waals surface area contributed by atoms with Crippen LogP contribution in [0.3, 0.4) is 0 Å². The lowest BCUT2D eigenvalue weighted by Gasteiger charge is -1.99. The van der Waals surface area contributed by atoms with Crippen molar-refractivity contribution < 1.29 is 8.78 Å². The molecule has 0 aliphatic carbocycles. The zero-order valence-electron chi connectivity index (χ0n) is 5.78. The minimum Gasteiger partial charge on any atom is -0.245 e. The maximum Gasteiger partial charge on any atom is 0.280 e. The molecule has 1 aliphatic heterocycles. The number of halogens is 2. The maximum absolute atomic E-state index is 12.0. The monoisotopic (exact) mass is 143 g/mol. The van der Waals surface area contributed by atoms with Crippen LogP contribution in [0.5, 0.6) is 0 Å². The Hall–Kier alpha value is -0.860. The van der Waals surface area contributed by atoms with Crippen molar-refractivity contribution in [3.63, 3.8) is 0 Å². The van der Waals surface area contributed by atoms with E-state index in [4.69, 9.17) is 0 Å². The number of nitrogens with zero attached hydrogens (tertiary/aromatic N) is 1. The number of rotatable bonds is 1. The molecule has 0 fully saturated rings. The van der Waals surface area contributed by atoms with Crippen LogP contribution in [0.1, 0.15) is 13.8 Å². The van der Waals surface area contributed by atoms with Crippen LogP contribution in [-0.4, -0.2) is 6.43 Å². The number of alkyl halides is 2. The first kappa shape index (κ1) is 7.25. The first-order valence-corrected chi connectivity index (χ1v) is 2.92. The Balaban J connectivity index is 2.84. The summed E-state index contributed by atoms with van der Waals surface area (Å²) in [5.41, 5.74) is 1.11. The van der Waals surface area contributed by atoms with Gasteiger partial charge in [-0.2, -0.15) is 0 Å². The van der Waals surface area contributed by atoms with Crippen molar-refractivity contribution in [2.75, 3.05) is 0 Å². The summed E-state index contributed by atoms with van der Waals surface area (Å²) in [6.45, 7) is 3.34. The molecular weight excluding hydrogens is 136 g/mol. The predicted octanol–water partition coefficient (Wildman–Crippen LogP) is 1.85. The average molecular weight is 143 g/mol. The van der Waals surface area contributed by atoms with E-state index in [1.165, 1.54) is 0 Å². The summed E-state index contributed by atoms with van der Waals surface area (Å²) < 4.78 is 23.9. The van der Waals surface area contributed by atoms with Gasteiger partial charge in [0, 0.05) is 0 Å². The van der Waals surface area contributed by atoms with Gasteiger partial charge in [-0.1, -0.05) is 0 Å². The third-order valence-electron chi connectivity index (χ3n) is 1.50. The lowest BCUT2D eigenvalue weighted by molar-refractivity contribution is 0.182. The van der Waals surface area contributed by atoms with E-state index in [-0.39, 0.29) is 5.70 Å². The molecule has 0 bridgehead atoms. The van der Waals surface area contributed by atoms with Gasteiger partial charge in [0.15, 0.2) is 0 Å². The smallest absolute Gasteiger partial charge is 0.245 e. The first-order valence-electron chi connectivity index (χ1n) is 2.92. The van der Waals surface area contributed by atoms with Crippen LogP contribution in [0.15, 0.2) is 16.8 Å². The Bertz CT molecular complexity index is 204. The normalized spacial score (nSPS) is 17.9. The Kier molecular flexibility index (Phi) is 1.74. The summed E-state index contributed by atoms with van der Waals surface area (Å²) in [4.78, 5) is 0. The summed E-state index contributed by atoms with van der Waals surface area (Å²) >= 11 is 0. The molecule has 0 spiro atoms. The molecule has 0 saturated heterocycles. The molecule has 10 heavy (non-hydrogen) atoms. The molecule has 1 rings (SSSR count). The summed E-state index contributed by atoms with van der Waals surface area (Å²) in [6, 6.07) is 0. The largest absolute Gasteiger partial charge is 0.280 e. The summed E-state index contributed by atoms with van der Waals surface area (Å²) in [7, 11) is 0. The predicted molar refractivity (Wildman–Crippen MR) is 33.3 cm³/mol. The van der Waals surface area contributed by atoms with Crippen LogP contribution in [0.2, 0.25) is 0 Å². The zero-order chi connectivity index (χ0) is 7.72. The third-order valence-corrected chi connectivity index (χ3v) is 1.50. The van der Waals surface area contributed by atoms with E-state index in [1.54, 1.807) is 13.8 Å². The molecule has 0 aromatic carbocycles. The molecule has 54 valence electrons. The molecule has 1 heterocycles. The van der Waals surface area contributed by atoms with Gasteiger partial charge in [-0.25, -0.2) is 14.1 Å². The minimum atomic E-state index is -2.47. The Labute approximate surface area is 58.4 Å². The maximum atomic E-state index is 12.0. The van der Waals surface area contributed by atoms with Crippen LogP contribution >= 0.6 is 0 Å². The van der Waals surface area contributed by atoms with E-state index in [1.807, 2.05) is 0 Å². The molecule has 0 amide bonds. The van der Waals surface area contributed by atoms with Crippen molar-refractivity contribution >= 4 is 0 Å². The second-order valence-electron chi connectivity index (χ2n) is 2.16. The van der Waals surface area contributed by atoms with Crippen molar-refractivity contribution in [1.82, 2.24) is 5.32 Å². The van der Waals surface area contributed by atoms with Crippen LogP contribution in [0, 0.1) is 6.20 Å². The van der Waals surface area contributed by atoms with E-state index in [2.05, 4.69) is 11.5 Å². The van der Waals surface area contributed by atoms with Gasteiger partial charge in [0.05, 0.1) is 6.20 Å². The van der Waals surface area contributed by atoms with Crippen LogP contribution in [0.25, 0.3) is 0 Å². The lowest BCUT2D eigenvalue weighted by atomic mass is 10.1. The highest BCUT2D eigenvalue weighted by atomic mass is 19.3. The van der Waals surface area contributed by atoms with Gasteiger partial charge >= 0.3 is 0 Å². The molecule has 0 N–H and O–H groups in total. The highest BCUT2D eigenvalue weighted by Gasteiger charge is 2.20. The molecule has 0 aromatic rings. The second kappa shape index (κ2) is 2.40. The fourth-order valence-corrected chi connectivity index (χ4v) is 0.716. The second-order valence-corrected chi connectivity index (χ2v) is 2.16. The van der Waals surface area contributed by atoms with E-state index < -0.39 is 6.43 Å². The standard InChI is InChI=1S/C7H7F2N/c1-4-3-10-6(5(4)2)7(8)9/h7H,1-2H3. The zero-order valence-corrected chi connectivity index (χ0v) is 5.78. The fourth-order valence-electron chi connectivity index (χ4n) is 0.716. The van der Waals surface area contributed by atoms with Gasteiger partial charge in [0.25, 0.3) is 6.43 Å². The molecule has 0 aromatic heterocycles. The lowest BCUT2D eigenvalue weighted by Crippen LogP contribution is -2.04. The molecule has 2 radical (unpaired) electrons. The molecule has 1 nitrogen and oxygen atoms in total. The minimum absolute atomic E-state index is 0.141. The van der Waals surface area contributed by atoms with Gasteiger partial charge in [0.1, 0.15) is 5.70 Å². The van der Waals surface area contributed by atoms with E-state index in [0.29, 0.717) is 11.1 Å². The topological polar surface area (TPSA) is 14.1 Å². The van der Waals surface area contributed by atoms with Gasteiger partial charge < -0.3 is 0 Å². The fraction of sp³-hybridized carbons (Fsp3) is 0.429. The molecule has 0 atom stereocenters. The average Bonchev–Trinajstić information content (AvgIpc) is 2.14. The summed E-state index contributed by atoms with van der Waals surface area (Å²) in [5.74, 6) is 0. The van der Waals surface area contributed by atoms with Crippen molar-refractivity contribution in [2.24, 2.45) is 0 Å². The van der Waals surface area contributed by atoms with Crippen molar-refractivity contribution in [1.29, 1.82) is 0 Å². The summed E-state index contributed by atoms with van der Waals surface area (Å²) in [6.07, 6.45) is 0.0206. The first-order chi connectivity index (χ1) is 4.63. The highest BCUT2D eigenvalue weighted by molar-refractivity contribution is 5.35. The van der Waals surface area contributed by atoms with Crippen LogP contribution in [0.4, 0.5) is 8.78 Å². The number of hydrogen-bond donors (Lipinski definition) is 0. The molecule has 1 aliphatic rings. The quantitative estimate of drug-likeness (QED) is 0.531. The molecule has 0 unspecified atom stereocenters. The van der Waals surface area contributed by atoms with Crippen LogP contribution < -0.4 is 5.32 Å². The van der Waals surface area contributed by atoms with Crippen molar-refractivity contribution in [2.45, 2.75) is 20.3 Å². The van der Waals surface area contributed by atoms with E-state index >= 15 is 0 Å². The number of allylic oxidation sites excluding steroid dienone is 3. The molecular formula is C7H7F2N. The van der Waals surface area contributed by atoms with Crippen LogP contribution in [-0.2, 0) is 0 Å².